The van der Waals surface area contributed by atoms with Gasteiger partial charge in [-0.15, -0.1) is 15.2 Å². The van der Waals surface area contributed by atoms with Gasteiger partial charge in [0.2, 0.25) is 5.95 Å². The van der Waals surface area contributed by atoms with Gasteiger partial charge in [-0.05, 0) is 30.3 Å². The predicted molar refractivity (Wildman–Crippen MR) is 114 cm³/mol. The van der Waals surface area contributed by atoms with Crippen LogP contribution in [-0.4, -0.2) is 39.3 Å². The van der Waals surface area contributed by atoms with Gasteiger partial charge in [0.1, 0.15) is 17.3 Å². The summed E-state index contributed by atoms with van der Waals surface area (Å²) in [7, 11) is 1.84. The van der Waals surface area contributed by atoms with Gasteiger partial charge < -0.3 is 10.2 Å². The summed E-state index contributed by atoms with van der Waals surface area (Å²) >= 11 is 0. The average Bonchev–Trinajstić information content (AvgIpc) is 3.39. The lowest BCUT2D eigenvalue weighted by Crippen LogP contribution is -2.03. The summed E-state index contributed by atoms with van der Waals surface area (Å²) < 4.78 is 3.62. The van der Waals surface area contributed by atoms with E-state index >= 15 is 0 Å². The lowest BCUT2D eigenvalue weighted by Gasteiger charge is -2.07. The lowest BCUT2D eigenvalue weighted by molar-refractivity contribution is 0.775. The van der Waals surface area contributed by atoms with E-state index in [1.807, 2.05) is 54.0 Å². The molecule has 0 atom stereocenters. The molecule has 0 fully saturated rings. The number of aromatic nitrogens is 8. The van der Waals surface area contributed by atoms with Crippen LogP contribution in [0.15, 0.2) is 61.1 Å². The van der Waals surface area contributed by atoms with Gasteiger partial charge in [-0.2, -0.15) is 5.10 Å². The monoisotopic (exact) mass is 408 g/mol. The first kappa shape index (κ1) is 18.4. The molecule has 5 heterocycles. The summed E-state index contributed by atoms with van der Waals surface area (Å²) in [6.45, 7) is 7.12. The van der Waals surface area contributed by atoms with Crippen LogP contribution in [0.1, 0.15) is 11.5 Å². The number of rotatable bonds is 5. The van der Waals surface area contributed by atoms with Crippen LogP contribution in [0.3, 0.4) is 0 Å². The maximum Gasteiger partial charge on any atom is 0.269 e. The van der Waals surface area contributed by atoms with Gasteiger partial charge in [-0.25, -0.2) is 9.97 Å². The SMILES string of the molecule is [C-]#[N+]c1cccc(Cc2nnc3cc(-c4ccnc(Nc5ccnn5C)n4)ccn23)n1. The van der Waals surface area contributed by atoms with Crippen molar-refractivity contribution in [1.82, 2.24) is 39.3 Å². The average molecular weight is 408 g/mol. The first-order valence-corrected chi connectivity index (χ1v) is 9.45. The molecule has 0 saturated heterocycles. The number of hydrogen-bond acceptors (Lipinski definition) is 7. The summed E-state index contributed by atoms with van der Waals surface area (Å²) in [6, 6.07) is 13.0. The summed E-state index contributed by atoms with van der Waals surface area (Å²) in [4.78, 5) is 16.6. The normalized spacial score (nSPS) is 10.8. The lowest BCUT2D eigenvalue weighted by atomic mass is 10.2. The fourth-order valence-corrected chi connectivity index (χ4v) is 3.20. The van der Waals surface area contributed by atoms with E-state index < -0.39 is 0 Å². The molecule has 10 nitrogen and oxygen atoms in total. The van der Waals surface area contributed by atoms with Gasteiger partial charge in [0.25, 0.3) is 5.82 Å². The van der Waals surface area contributed by atoms with E-state index in [4.69, 9.17) is 6.57 Å². The van der Waals surface area contributed by atoms with Crippen molar-refractivity contribution in [2.75, 3.05) is 5.32 Å². The minimum absolute atomic E-state index is 0.368. The molecule has 0 spiro atoms. The minimum Gasteiger partial charge on any atom is -0.361 e. The summed E-state index contributed by atoms with van der Waals surface area (Å²) in [5, 5.41) is 15.9. The maximum atomic E-state index is 7.12. The molecule has 0 aliphatic carbocycles. The Balaban J connectivity index is 1.43. The van der Waals surface area contributed by atoms with E-state index in [9.17, 15) is 0 Å². The number of pyridine rings is 2. The molecular formula is C21H16N10. The standard InChI is InChI=1S/C21H16N10/c1-22-17-5-3-4-15(25-17)13-20-29-28-19-12-14(8-11-31(19)20)16-6-9-23-21(26-16)27-18-7-10-24-30(18)2/h3-12H,13H2,2H3,(H,23,26,27). The highest BCUT2D eigenvalue weighted by molar-refractivity contribution is 5.65. The van der Waals surface area contributed by atoms with Crippen molar-refractivity contribution in [2.24, 2.45) is 7.05 Å². The van der Waals surface area contributed by atoms with Crippen LogP contribution in [0.2, 0.25) is 0 Å². The van der Waals surface area contributed by atoms with Gasteiger partial charge in [0.05, 0.1) is 18.3 Å². The summed E-state index contributed by atoms with van der Waals surface area (Å²) in [6.07, 6.45) is 5.80. The van der Waals surface area contributed by atoms with Crippen LogP contribution in [0.4, 0.5) is 17.6 Å². The first-order valence-electron chi connectivity index (χ1n) is 9.45. The second-order valence-electron chi connectivity index (χ2n) is 6.77. The van der Waals surface area contributed by atoms with E-state index in [2.05, 4.69) is 40.4 Å². The van der Waals surface area contributed by atoms with Crippen molar-refractivity contribution in [3.8, 4) is 11.3 Å². The van der Waals surface area contributed by atoms with Gasteiger partial charge in [-0.3, -0.25) is 9.08 Å². The second-order valence-corrected chi connectivity index (χ2v) is 6.77. The highest BCUT2D eigenvalue weighted by Crippen LogP contribution is 2.21. The first-order chi connectivity index (χ1) is 15.2. The molecule has 0 bridgehead atoms. The molecule has 5 aromatic heterocycles. The van der Waals surface area contributed by atoms with Gasteiger partial charge in [-0.1, -0.05) is 12.6 Å². The number of anilines is 2. The molecule has 0 saturated carbocycles. The van der Waals surface area contributed by atoms with Crippen LogP contribution < -0.4 is 5.32 Å². The quantitative estimate of drug-likeness (QED) is 0.446. The molecule has 0 unspecified atom stereocenters. The van der Waals surface area contributed by atoms with Gasteiger partial charge >= 0.3 is 0 Å². The van der Waals surface area contributed by atoms with Crippen LogP contribution in [0.5, 0.6) is 0 Å². The van der Waals surface area contributed by atoms with E-state index in [0.717, 1.165) is 28.6 Å². The zero-order valence-corrected chi connectivity index (χ0v) is 16.5. The molecular weight excluding hydrogens is 392 g/mol. The van der Waals surface area contributed by atoms with Crippen LogP contribution in [0, 0.1) is 6.57 Å². The third-order valence-electron chi connectivity index (χ3n) is 4.74. The van der Waals surface area contributed by atoms with E-state index in [1.54, 1.807) is 23.1 Å². The van der Waals surface area contributed by atoms with Gasteiger partial charge in [0, 0.05) is 31.1 Å². The predicted octanol–water partition coefficient (Wildman–Crippen LogP) is 3.20. The minimum atomic E-state index is 0.368. The Bertz CT molecular complexity index is 1430. The molecule has 1 N–H and O–H groups in total. The Hall–Kier alpha value is -4.65. The van der Waals surface area contributed by atoms with Crippen molar-refractivity contribution in [3.63, 3.8) is 0 Å². The molecule has 0 aliphatic heterocycles. The fourth-order valence-electron chi connectivity index (χ4n) is 3.20. The van der Waals surface area contributed by atoms with E-state index in [0.29, 0.717) is 23.8 Å². The Morgan fingerprint density at radius 3 is 2.84 bits per heavy atom. The Labute approximate surface area is 177 Å². The number of aryl methyl sites for hydroxylation is 1. The molecule has 5 aromatic rings. The Morgan fingerprint density at radius 1 is 1.06 bits per heavy atom. The zero-order valence-electron chi connectivity index (χ0n) is 16.5. The summed E-state index contributed by atoms with van der Waals surface area (Å²) in [5.74, 6) is 2.39. The Kier molecular flexibility index (Phi) is 4.53. The summed E-state index contributed by atoms with van der Waals surface area (Å²) in [5.41, 5.74) is 3.13. The number of nitrogens with one attached hydrogen (secondary N) is 1. The third-order valence-corrected chi connectivity index (χ3v) is 4.74. The molecule has 0 amide bonds. The molecule has 31 heavy (non-hydrogen) atoms. The van der Waals surface area contributed by atoms with Crippen LogP contribution in [-0.2, 0) is 13.5 Å². The highest BCUT2D eigenvalue weighted by atomic mass is 15.3. The maximum absolute atomic E-state index is 7.12. The number of hydrogen-bond donors (Lipinski definition) is 1. The largest absolute Gasteiger partial charge is 0.361 e. The molecule has 150 valence electrons. The number of fused-ring (bicyclic) bond motifs is 1. The molecule has 0 aromatic carbocycles. The highest BCUT2D eigenvalue weighted by Gasteiger charge is 2.12. The smallest absolute Gasteiger partial charge is 0.269 e. The van der Waals surface area contributed by atoms with E-state index in [1.165, 1.54) is 0 Å². The van der Waals surface area contributed by atoms with Crippen LogP contribution in [0.25, 0.3) is 21.7 Å². The van der Waals surface area contributed by atoms with Gasteiger partial charge in [0.15, 0.2) is 5.65 Å². The second kappa shape index (κ2) is 7.64. The third kappa shape index (κ3) is 3.67. The Morgan fingerprint density at radius 2 is 2.00 bits per heavy atom. The fraction of sp³-hybridized carbons (Fsp3) is 0.0952. The molecule has 10 heteroatoms. The molecule has 0 radical (unpaired) electrons. The van der Waals surface area contributed by atoms with Crippen LogP contribution >= 0.6 is 0 Å². The number of nitrogens with zero attached hydrogens (tertiary/aromatic N) is 9. The van der Waals surface area contributed by atoms with Crippen molar-refractivity contribution >= 4 is 23.2 Å². The van der Waals surface area contributed by atoms with Crippen molar-refractivity contribution in [2.45, 2.75) is 6.42 Å². The topological polar surface area (TPSA) is 103 Å². The van der Waals surface area contributed by atoms with Crippen molar-refractivity contribution in [1.29, 1.82) is 0 Å². The zero-order chi connectivity index (χ0) is 21.2. The van der Waals surface area contributed by atoms with E-state index in [-0.39, 0.29) is 0 Å². The van der Waals surface area contributed by atoms with Crippen molar-refractivity contribution < 1.29 is 0 Å². The van der Waals surface area contributed by atoms with Crippen molar-refractivity contribution in [3.05, 3.63) is 84.0 Å². The molecule has 5 rings (SSSR count). The molecule has 0 aliphatic rings.